The minimum Gasteiger partial charge on any atom is -0.496 e. The first-order valence-electron chi connectivity index (χ1n) is 6.09. The smallest absolute Gasteiger partial charge is 0.290 e. The predicted molar refractivity (Wildman–Crippen MR) is 70.1 cm³/mol. The summed E-state index contributed by atoms with van der Waals surface area (Å²) in [5.41, 5.74) is 1.17. The molecule has 5 nitrogen and oxygen atoms in total. The van der Waals surface area contributed by atoms with E-state index < -0.39 is 17.8 Å². The maximum Gasteiger partial charge on any atom is 0.290 e. The van der Waals surface area contributed by atoms with Gasteiger partial charge in [0, 0.05) is 11.6 Å². The van der Waals surface area contributed by atoms with Crippen molar-refractivity contribution in [3.63, 3.8) is 0 Å². The van der Waals surface area contributed by atoms with Crippen LogP contribution in [0, 0.1) is 12.7 Å². The molecular formula is C14H15FN2O3. The van der Waals surface area contributed by atoms with Crippen LogP contribution in [-0.2, 0) is 0 Å². The molecule has 1 atom stereocenters. The van der Waals surface area contributed by atoms with E-state index in [4.69, 9.17) is 9.26 Å². The van der Waals surface area contributed by atoms with Crippen LogP contribution in [0.3, 0.4) is 0 Å². The number of halogens is 1. The first-order chi connectivity index (χ1) is 9.51. The Hall–Kier alpha value is -2.37. The molecule has 0 saturated carbocycles. The van der Waals surface area contributed by atoms with Crippen molar-refractivity contribution in [2.45, 2.75) is 19.9 Å². The second kappa shape index (κ2) is 5.73. The van der Waals surface area contributed by atoms with Gasteiger partial charge in [0.1, 0.15) is 11.6 Å². The van der Waals surface area contributed by atoms with E-state index in [2.05, 4.69) is 10.5 Å². The summed E-state index contributed by atoms with van der Waals surface area (Å²) in [5.74, 6) is -0.181. The van der Waals surface area contributed by atoms with Gasteiger partial charge in [-0.3, -0.25) is 4.79 Å². The minimum absolute atomic E-state index is 0.115. The third kappa shape index (κ3) is 2.96. The summed E-state index contributed by atoms with van der Waals surface area (Å²) < 4.78 is 23.3. The van der Waals surface area contributed by atoms with Gasteiger partial charge in [-0.05, 0) is 32.0 Å². The zero-order valence-electron chi connectivity index (χ0n) is 11.4. The molecular weight excluding hydrogens is 263 g/mol. The number of nitrogens with one attached hydrogen (secondary N) is 1. The van der Waals surface area contributed by atoms with Gasteiger partial charge in [-0.15, -0.1) is 0 Å². The number of aryl methyl sites for hydroxylation is 1. The highest BCUT2D eigenvalue weighted by Gasteiger charge is 2.18. The zero-order valence-corrected chi connectivity index (χ0v) is 11.4. The average molecular weight is 278 g/mol. The Bertz CT molecular complexity index is 625. The Morgan fingerprint density at radius 2 is 2.20 bits per heavy atom. The topological polar surface area (TPSA) is 64.4 Å². The van der Waals surface area contributed by atoms with E-state index in [1.165, 1.54) is 31.4 Å². The van der Waals surface area contributed by atoms with E-state index in [9.17, 15) is 9.18 Å². The molecule has 20 heavy (non-hydrogen) atoms. The lowest BCUT2D eigenvalue weighted by atomic mass is 10.1. The molecule has 0 radical (unpaired) electrons. The van der Waals surface area contributed by atoms with Crippen LogP contribution in [-0.4, -0.2) is 18.2 Å². The number of carbonyl (C=O) groups excluding carboxylic acids is 1. The fourth-order valence-electron chi connectivity index (χ4n) is 1.86. The van der Waals surface area contributed by atoms with E-state index in [0.717, 1.165) is 0 Å². The molecule has 0 aliphatic rings. The molecule has 1 amide bonds. The van der Waals surface area contributed by atoms with Gasteiger partial charge in [0.15, 0.2) is 0 Å². The first-order valence-corrected chi connectivity index (χ1v) is 6.09. The molecule has 0 saturated heterocycles. The maximum atomic E-state index is 13.3. The summed E-state index contributed by atoms with van der Waals surface area (Å²) in [6.45, 7) is 3.46. The molecule has 1 unspecified atom stereocenters. The monoisotopic (exact) mass is 278 g/mol. The Morgan fingerprint density at radius 1 is 1.45 bits per heavy atom. The second-order valence-electron chi connectivity index (χ2n) is 4.41. The molecule has 106 valence electrons. The van der Waals surface area contributed by atoms with Gasteiger partial charge in [-0.2, -0.15) is 0 Å². The molecule has 0 bridgehead atoms. The summed E-state index contributed by atoms with van der Waals surface area (Å²) in [5, 5.41) is 6.35. The molecule has 1 aromatic carbocycles. The maximum absolute atomic E-state index is 13.3. The lowest BCUT2D eigenvalue weighted by molar-refractivity contribution is 0.0902. The number of methoxy groups -OCH3 is 1. The highest BCUT2D eigenvalue weighted by molar-refractivity contribution is 5.91. The van der Waals surface area contributed by atoms with Crippen molar-refractivity contribution in [1.29, 1.82) is 0 Å². The number of amides is 1. The van der Waals surface area contributed by atoms with Gasteiger partial charge < -0.3 is 14.6 Å². The fourth-order valence-corrected chi connectivity index (χ4v) is 1.86. The fraction of sp³-hybridized carbons (Fsp3) is 0.286. The van der Waals surface area contributed by atoms with E-state index in [1.54, 1.807) is 13.8 Å². The van der Waals surface area contributed by atoms with Crippen LogP contribution in [0.15, 0.2) is 28.8 Å². The Morgan fingerprint density at radius 3 is 2.80 bits per heavy atom. The molecule has 1 heterocycles. The largest absolute Gasteiger partial charge is 0.496 e. The number of benzene rings is 1. The average Bonchev–Trinajstić information content (AvgIpc) is 2.85. The SMILES string of the molecule is COc1ccc(F)cc1C(C)NC(=O)c1cc(C)no1. The zero-order chi connectivity index (χ0) is 14.7. The van der Waals surface area contributed by atoms with Gasteiger partial charge in [0.25, 0.3) is 5.91 Å². The molecule has 0 spiro atoms. The van der Waals surface area contributed by atoms with E-state index in [-0.39, 0.29) is 5.76 Å². The van der Waals surface area contributed by atoms with Crippen molar-refractivity contribution in [3.8, 4) is 5.75 Å². The standard InChI is InChI=1S/C14H15FN2O3/c1-8-6-13(20-17-8)14(18)16-9(2)11-7-10(15)4-5-12(11)19-3/h4-7,9H,1-3H3,(H,16,18). The van der Waals surface area contributed by atoms with Crippen molar-refractivity contribution in [2.24, 2.45) is 0 Å². The van der Waals surface area contributed by atoms with Gasteiger partial charge in [-0.25, -0.2) is 4.39 Å². The third-order valence-corrected chi connectivity index (χ3v) is 2.86. The van der Waals surface area contributed by atoms with Crippen LogP contribution in [0.4, 0.5) is 4.39 Å². The van der Waals surface area contributed by atoms with Crippen LogP contribution in [0.25, 0.3) is 0 Å². The summed E-state index contributed by atoms with van der Waals surface area (Å²) >= 11 is 0. The number of nitrogens with zero attached hydrogens (tertiary/aromatic N) is 1. The summed E-state index contributed by atoms with van der Waals surface area (Å²) in [4.78, 5) is 11.9. The van der Waals surface area contributed by atoms with Gasteiger partial charge in [0.05, 0.1) is 18.8 Å². The molecule has 2 aromatic rings. The molecule has 0 aliphatic heterocycles. The molecule has 0 fully saturated rings. The van der Waals surface area contributed by atoms with Crippen molar-refractivity contribution in [2.75, 3.05) is 7.11 Å². The number of aromatic nitrogens is 1. The normalized spacial score (nSPS) is 12.0. The van der Waals surface area contributed by atoms with Crippen molar-refractivity contribution in [1.82, 2.24) is 10.5 Å². The van der Waals surface area contributed by atoms with Crippen LogP contribution in [0.2, 0.25) is 0 Å². The summed E-state index contributed by atoms with van der Waals surface area (Å²) in [7, 11) is 1.49. The highest BCUT2D eigenvalue weighted by atomic mass is 19.1. The van der Waals surface area contributed by atoms with E-state index in [0.29, 0.717) is 17.0 Å². The van der Waals surface area contributed by atoms with Gasteiger partial charge in [0.2, 0.25) is 5.76 Å². The second-order valence-corrected chi connectivity index (χ2v) is 4.41. The van der Waals surface area contributed by atoms with Crippen LogP contribution < -0.4 is 10.1 Å². The highest BCUT2D eigenvalue weighted by Crippen LogP contribution is 2.26. The number of carbonyl (C=O) groups is 1. The van der Waals surface area contributed by atoms with Crippen LogP contribution in [0.5, 0.6) is 5.75 Å². The Kier molecular flexibility index (Phi) is 4.02. The van der Waals surface area contributed by atoms with E-state index >= 15 is 0 Å². The van der Waals surface area contributed by atoms with Gasteiger partial charge >= 0.3 is 0 Å². The predicted octanol–water partition coefficient (Wildman–Crippen LogP) is 2.62. The summed E-state index contributed by atoms with van der Waals surface area (Å²) in [6.07, 6.45) is 0. The Balaban J connectivity index is 2.17. The number of ether oxygens (including phenoxy) is 1. The van der Waals surface area contributed by atoms with Crippen LogP contribution >= 0.6 is 0 Å². The van der Waals surface area contributed by atoms with Crippen LogP contribution in [0.1, 0.15) is 34.8 Å². The third-order valence-electron chi connectivity index (χ3n) is 2.86. The quantitative estimate of drug-likeness (QED) is 0.933. The molecule has 1 N–H and O–H groups in total. The minimum atomic E-state index is -0.432. The molecule has 1 aromatic heterocycles. The number of rotatable bonds is 4. The lowest BCUT2D eigenvalue weighted by Gasteiger charge is -2.16. The van der Waals surface area contributed by atoms with Crippen molar-refractivity contribution in [3.05, 3.63) is 47.1 Å². The van der Waals surface area contributed by atoms with Gasteiger partial charge in [-0.1, -0.05) is 5.16 Å². The molecule has 6 heteroatoms. The molecule has 2 rings (SSSR count). The Labute approximate surface area is 115 Å². The summed E-state index contributed by atoms with van der Waals surface area (Å²) in [6, 6.07) is 5.25. The lowest BCUT2D eigenvalue weighted by Crippen LogP contribution is -2.26. The van der Waals surface area contributed by atoms with Crippen molar-refractivity contribution < 1.29 is 18.4 Å². The van der Waals surface area contributed by atoms with Crippen molar-refractivity contribution >= 4 is 5.91 Å². The number of hydrogen-bond acceptors (Lipinski definition) is 4. The number of hydrogen-bond donors (Lipinski definition) is 1. The van der Waals surface area contributed by atoms with E-state index in [1.807, 2.05) is 0 Å². The molecule has 0 aliphatic carbocycles. The first kappa shape index (κ1) is 14.0.